The van der Waals surface area contributed by atoms with Crippen LogP contribution in [0.25, 0.3) is 0 Å². The fraction of sp³-hybridized carbons (Fsp3) is 1.00. The van der Waals surface area contributed by atoms with E-state index in [1.807, 2.05) is 0 Å². The topological polar surface area (TPSA) is 55.4 Å². The third kappa shape index (κ3) is 2.72. The van der Waals surface area contributed by atoms with E-state index in [4.69, 9.17) is 4.74 Å². The van der Waals surface area contributed by atoms with Crippen LogP contribution in [0.15, 0.2) is 0 Å². The molecular formula is C9H16BrNO3S. The molecule has 0 atom stereocenters. The number of hydrogen-bond donors (Lipinski definition) is 1. The lowest BCUT2D eigenvalue weighted by Gasteiger charge is -2.25. The van der Waals surface area contributed by atoms with Gasteiger partial charge in [-0.2, -0.15) is 0 Å². The molecule has 1 heterocycles. The highest BCUT2D eigenvalue weighted by atomic mass is 79.9. The van der Waals surface area contributed by atoms with Gasteiger partial charge in [-0.3, -0.25) is 0 Å². The van der Waals surface area contributed by atoms with Crippen molar-refractivity contribution in [3.05, 3.63) is 0 Å². The van der Waals surface area contributed by atoms with E-state index in [-0.39, 0.29) is 10.8 Å². The first-order valence-corrected chi connectivity index (χ1v) is 7.91. The van der Waals surface area contributed by atoms with Crippen molar-refractivity contribution in [3.8, 4) is 0 Å². The van der Waals surface area contributed by atoms with Gasteiger partial charge in [-0.05, 0) is 25.7 Å². The molecule has 0 aromatic carbocycles. The Kier molecular flexibility index (Phi) is 3.40. The number of halogens is 1. The van der Waals surface area contributed by atoms with Crippen molar-refractivity contribution in [1.82, 2.24) is 4.72 Å². The van der Waals surface area contributed by atoms with Crippen LogP contribution in [0.3, 0.4) is 0 Å². The Morgan fingerprint density at radius 2 is 1.93 bits per heavy atom. The summed E-state index contributed by atoms with van der Waals surface area (Å²) in [5.74, 6) is 0. The number of ether oxygens (including phenoxy) is 1. The first kappa shape index (κ1) is 11.8. The van der Waals surface area contributed by atoms with Crippen LogP contribution < -0.4 is 4.72 Å². The van der Waals surface area contributed by atoms with E-state index in [9.17, 15) is 8.42 Å². The van der Waals surface area contributed by atoms with Crippen molar-refractivity contribution in [2.24, 2.45) is 0 Å². The highest BCUT2D eigenvalue weighted by molar-refractivity contribution is 9.09. The normalized spacial score (nSPS) is 26.5. The summed E-state index contributed by atoms with van der Waals surface area (Å²) < 4.78 is 32.0. The molecule has 0 radical (unpaired) electrons. The van der Waals surface area contributed by atoms with Gasteiger partial charge in [-0.15, -0.1) is 0 Å². The average Bonchev–Trinajstić information content (AvgIpc) is 2.99. The van der Waals surface area contributed by atoms with Gasteiger partial charge in [-0.25, -0.2) is 13.1 Å². The first-order chi connectivity index (χ1) is 7.08. The van der Waals surface area contributed by atoms with Gasteiger partial charge in [-0.1, -0.05) is 15.9 Å². The second-order valence-electron chi connectivity index (χ2n) is 4.37. The molecule has 0 aromatic rings. The predicted octanol–water partition coefficient (Wildman–Crippen LogP) is 1.01. The van der Waals surface area contributed by atoms with Gasteiger partial charge in [0, 0.05) is 24.1 Å². The predicted molar refractivity (Wildman–Crippen MR) is 61.7 cm³/mol. The molecule has 1 aliphatic carbocycles. The molecule has 1 aliphatic heterocycles. The first-order valence-electron chi connectivity index (χ1n) is 5.24. The summed E-state index contributed by atoms with van der Waals surface area (Å²) in [5.41, 5.74) is -0.183. The summed E-state index contributed by atoms with van der Waals surface area (Å²) in [5, 5.41) is 0.449. The molecule has 1 N–H and O–H groups in total. The maximum Gasteiger partial charge on any atom is 0.215 e. The van der Waals surface area contributed by atoms with E-state index < -0.39 is 10.0 Å². The maximum absolute atomic E-state index is 12.0. The van der Waals surface area contributed by atoms with Gasteiger partial charge >= 0.3 is 0 Å². The van der Waals surface area contributed by atoms with Gasteiger partial charge in [0.25, 0.3) is 0 Å². The van der Waals surface area contributed by atoms with Crippen molar-refractivity contribution >= 4 is 26.0 Å². The Balaban J connectivity index is 1.99. The SMILES string of the molecule is O=S(=O)(NC1(CBr)CC1)C1CCOCC1. The molecule has 0 aromatic heterocycles. The van der Waals surface area contributed by atoms with Gasteiger partial charge in [0.15, 0.2) is 0 Å². The zero-order valence-electron chi connectivity index (χ0n) is 8.54. The molecular weight excluding hydrogens is 282 g/mol. The van der Waals surface area contributed by atoms with E-state index in [0.717, 1.165) is 12.8 Å². The van der Waals surface area contributed by atoms with Gasteiger partial charge in [0.05, 0.1) is 5.25 Å². The molecule has 88 valence electrons. The Labute approximate surface area is 98.9 Å². The van der Waals surface area contributed by atoms with E-state index >= 15 is 0 Å². The summed E-state index contributed by atoms with van der Waals surface area (Å²) >= 11 is 3.36. The van der Waals surface area contributed by atoms with Gasteiger partial charge < -0.3 is 4.74 Å². The van der Waals surface area contributed by atoms with Crippen molar-refractivity contribution < 1.29 is 13.2 Å². The van der Waals surface area contributed by atoms with Crippen molar-refractivity contribution in [2.45, 2.75) is 36.5 Å². The summed E-state index contributed by atoms with van der Waals surface area (Å²) in [6.07, 6.45) is 3.13. The van der Waals surface area contributed by atoms with Crippen LogP contribution in [0.5, 0.6) is 0 Å². The lowest BCUT2D eigenvalue weighted by Crippen LogP contribution is -2.45. The third-order valence-electron chi connectivity index (χ3n) is 3.08. The summed E-state index contributed by atoms with van der Waals surface area (Å²) in [7, 11) is -3.15. The van der Waals surface area contributed by atoms with Crippen molar-refractivity contribution in [1.29, 1.82) is 0 Å². The van der Waals surface area contributed by atoms with Crippen molar-refractivity contribution in [3.63, 3.8) is 0 Å². The highest BCUT2D eigenvalue weighted by Gasteiger charge is 2.46. The van der Waals surface area contributed by atoms with Crippen LogP contribution in [0, 0.1) is 0 Å². The Hall–Kier alpha value is 0.350. The molecule has 0 amide bonds. The number of hydrogen-bond acceptors (Lipinski definition) is 3. The van der Waals surface area contributed by atoms with Gasteiger partial charge in [0.2, 0.25) is 10.0 Å². The summed E-state index contributed by atoms with van der Waals surface area (Å²) in [4.78, 5) is 0. The van der Waals surface area contributed by atoms with Crippen molar-refractivity contribution in [2.75, 3.05) is 18.5 Å². The molecule has 1 saturated carbocycles. The van der Waals surface area contributed by atoms with E-state index in [1.165, 1.54) is 0 Å². The lowest BCUT2D eigenvalue weighted by molar-refractivity contribution is 0.0980. The second-order valence-corrected chi connectivity index (χ2v) is 6.89. The molecule has 4 nitrogen and oxygen atoms in total. The Morgan fingerprint density at radius 1 is 1.33 bits per heavy atom. The Morgan fingerprint density at radius 3 is 2.40 bits per heavy atom. The third-order valence-corrected chi connectivity index (χ3v) is 6.22. The quantitative estimate of drug-likeness (QED) is 0.788. The molecule has 0 bridgehead atoms. The van der Waals surface area contributed by atoms with Crippen LogP contribution in [0.4, 0.5) is 0 Å². The minimum atomic E-state index is -3.15. The number of alkyl halides is 1. The minimum Gasteiger partial charge on any atom is -0.381 e. The Bertz CT molecular complexity index is 320. The van der Waals surface area contributed by atoms with E-state index in [1.54, 1.807) is 0 Å². The van der Waals surface area contributed by atoms with Crippen LogP contribution in [-0.2, 0) is 14.8 Å². The molecule has 0 unspecified atom stereocenters. The molecule has 2 aliphatic rings. The standard InChI is InChI=1S/C9H16BrNO3S/c10-7-9(3-4-9)11-15(12,13)8-1-5-14-6-2-8/h8,11H,1-7H2. The smallest absolute Gasteiger partial charge is 0.215 e. The zero-order chi connectivity index (χ0) is 10.9. The van der Waals surface area contributed by atoms with Crippen LogP contribution in [0.2, 0.25) is 0 Å². The molecule has 1 saturated heterocycles. The summed E-state index contributed by atoms with van der Waals surface area (Å²) in [6, 6.07) is 0. The van der Waals surface area contributed by atoms with E-state index in [2.05, 4.69) is 20.7 Å². The molecule has 15 heavy (non-hydrogen) atoms. The van der Waals surface area contributed by atoms with Crippen LogP contribution in [0.1, 0.15) is 25.7 Å². The number of sulfonamides is 1. The van der Waals surface area contributed by atoms with Crippen LogP contribution in [-0.4, -0.2) is 37.8 Å². The second kappa shape index (κ2) is 4.31. The highest BCUT2D eigenvalue weighted by Crippen LogP contribution is 2.38. The monoisotopic (exact) mass is 297 g/mol. The fourth-order valence-corrected chi connectivity index (χ4v) is 4.53. The number of rotatable bonds is 4. The lowest BCUT2D eigenvalue weighted by atomic mass is 10.2. The minimum absolute atomic E-state index is 0.183. The zero-order valence-corrected chi connectivity index (χ0v) is 10.9. The van der Waals surface area contributed by atoms with E-state index in [0.29, 0.717) is 31.4 Å². The largest absolute Gasteiger partial charge is 0.381 e. The summed E-state index contributed by atoms with van der Waals surface area (Å²) in [6.45, 7) is 1.12. The van der Waals surface area contributed by atoms with Crippen LogP contribution >= 0.6 is 15.9 Å². The molecule has 2 fully saturated rings. The fourth-order valence-electron chi connectivity index (χ4n) is 1.79. The molecule has 0 spiro atoms. The molecule has 2 rings (SSSR count). The average molecular weight is 298 g/mol. The van der Waals surface area contributed by atoms with Gasteiger partial charge in [0.1, 0.15) is 0 Å². The number of nitrogens with one attached hydrogen (secondary N) is 1. The maximum atomic E-state index is 12.0. The molecule has 6 heteroatoms.